The second-order valence-corrected chi connectivity index (χ2v) is 9.23. The molecule has 0 saturated carbocycles. The maximum atomic E-state index is 13.3. The van der Waals surface area contributed by atoms with Crippen molar-refractivity contribution in [2.45, 2.75) is 17.1 Å². The van der Waals surface area contributed by atoms with Crippen molar-refractivity contribution >= 4 is 40.6 Å². The van der Waals surface area contributed by atoms with Gasteiger partial charge in [0, 0.05) is 34.0 Å². The lowest BCUT2D eigenvalue weighted by molar-refractivity contribution is -0.384. The molecule has 0 aliphatic rings. The molecule has 180 valence electrons. The molecule has 0 spiro atoms. The molecule has 36 heavy (non-hydrogen) atoms. The fourth-order valence-electron chi connectivity index (χ4n) is 3.55. The highest BCUT2D eigenvalue weighted by molar-refractivity contribution is 8.00. The van der Waals surface area contributed by atoms with Crippen molar-refractivity contribution in [3.63, 3.8) is 0 Å². The summed E-state index contributed by atoms with van der Waals surface area (Å²) in [6.07, 6.45) is 0. The summed E-state index contributed by atoms with van der Waals surface area (Å²) in [6, 6.07) is 29.7. The first-order valence-electron chi connectivity index (χ1n) is 11.1. The summed E-state index contributed by atoms with van der Waals surface area (Å²) in [7, 11) is 0. The number of carbonyl (C=O) groups is 2. The number of amides is 2. The fourth-order valence-corrected chi connectivity index (χ4v) is 4.63. The normalized spacial score (nSPS) is 11.4. The molecule has 0 aliphatic carbocycles. The van der Waals surface area contributed by atoms with Crippen molar-refractivity contribution in [3.05, 3.63) is 130 Å². The molecule has 0 aromatic heterocycles. The Labute approximate surface area is 212 Å². The van der Waals surface area contributed by atoms with E-state index in [9.17, 15) is 19.7 Å². The number of thioether (sulfide) groups is 1. The smallest absolute Gasteiger partial charge is 0.269 e. The minimum atomic E-state index is -0.593. The number of hydrogen-bond acceptors (Lipinski definition) is 5. The molecule has 7 nitrogen and oxygen atoms in total. The molecule has 1 unspecified atom stereocenters. The van der Waals surface area contributed by atoms with Crippen molar-refractivity contribution in [2.24, 2.45) is 0 Å². The summed E-state index contributed by atoms with van der Waals surface area (Å²) in [5.41, 5.74) is 3.40. The van der Waals surface area contributed by atoms with E-state index in [0.717, 1.165) is 16.0 Å². The van der Waals surface area contributed by atoms with Crippen LogP contribution in [-0.4, -0.2) is 16.7 Å². The van der Waals surface area contributed by atoms with Gasteiger partial charge in [-0.1, -0.05) is 54.1 Å². The molecule has 8 heteroatoms. The third-order valence-corrected chi connectivity index (χ3v) is 6.56. The second-order valence-electron chi connectivity index (χ2n) is 8.05. The van der Waals surface area contributed by atoms with Gasteiger partial charge in [-0.2, -0.15) is 0 Å². The van der Waals surface area contributed by atoms with Gasteiger partial charge in [0.15, 0.2) is 0 Å². The quantitative estimate of drug-likeness (QED) is 0.162. The monoisotopic (exact) mass is 497 g/mol. The zero-order valence-corrected chi connectivity index (χ0v) is 20.2. The number of nitro groups is 1. The highest BCUT2D eigenvalue weighted by atomic mass is 32.2. The van der Waals surface area contributed by atoms with Crippen LogP contribution >= 0.6 is 11.8 Å². The lowest BCUT2D eigenvalue weighted by atomic mass is 10.1. The molecule has 4 aromatic carbocycles. The predicted molar refractivity (Wildman–Crippen MR) is 142 cm³/mol. The van der Waals surface area contributed by atoms with Crippen LogP contribution in [0.15, 0.2) is 108 Å². The van der Waals surface area contributed by atoms with E-state index >= 15 is 0 Å². The Bertz CT molecular complexity index is 1390. The zero-order valence-electron chi connectivity index (χ0n) is 19.4. The largest absolute Gasteiger partial charge is 0.325 e. The topological polar surface area (TPSA) is 101 Å². The minimum absolute atomic E-state index is 0.0495. The Kier molecular flexibility index (Phi) is 7.77. The minimum Gasteiger partial charge on any atom is -0.325 e. The van der Waals surface area contributed by atoms with Crippen molar-refractivity contribution in [1.29, 1.82) is 0 Å². The van der Waals surface area contributed by atoms with Gasteiger partial charge in [-0.25, -0.2) is 0 Å². The molecular formula is C28H23N3O4S. The zero-order chi connectivity index (χ0) is 25.5. The van der Waals surface area contributed by atoms with Gasteiger partial charge in [0.05, 0.1) is 4.92 Å². The number of aryl methyl sites for hydroxylation is 1. The molecule has 0 heterocycles. The number of nitro benzene ring substituents is 1. The average Bonchev–Trinajstić information content (AvgIpc) is 2.88. The van der Waals surface area contributed by atoms with Gasteiger partial charge in [0.1, 0.15) is 5.25 Å². The Hall–Kier alpha value is -4.43. The van der Waals surface area contributed by atoms with Gasteiger partial charge in [-0.3, -0.25) is 19.7 Å². The first kappa shape index (κ1) is 24.7. The molecule has 2 amide bonds. The lowest BCUT2D eigenvalue weighted by Crippen LogP contribution is -2.19. The number of non-ortho nitro benzene ring substituents is 1. The summed E-state index contributed by atoms with van der Waals surface area (Å²) >= 11 is 1.35. The van der Waals surface area contributed by atoms with Crippen molar-refractivity contribution in [2.75, 3.05) is 10.6 Å². The van der Waals surface area contributed by atoms with Gasteiger partial charge in [0.2, 0.25) is 5.91 Å². The molecular weight excluding hydrogens is 474 g/mol. The van der Waals surface area contributed by atoms with Crippen LogP contribution < -0.4 is 10.6 Å². The number of nitrogens with one attached hydrogen (secondary N) is 2. The molecule has 0 saturated heterocycles. The lowest BCUT2D eigenvalue weighted by Gasteiger charge is -2.18. The Morgan fingerprint density at radius 1 is 0.806 bits per heavy atom. The van der Waals surface area contributed by atoms with Crippen LogP contribution in [0, 0.1) is 17.0 Å². The highest BCUT2D eigenvalue weighted by Crippen LogP contribution is 2.37. The number of nitrogens with zero attached hydrogens (tertiary/aromatic N) is 1. The molecule has 2 N–H and O–H groups in total. The Morgan fingerprint density at radius 3 is 2.22 bits per heavy atom. The molecule has 4 rings (SSSR count). The van der Waals surface area contributed by atoms with E-state index in [-0.39, 0.29) is 17.5 Å². The van der Waals surface area contributed by atoms with E-state index < -0.39 is 10.2 Å². The maximum Gasteiger partial charge on any atom is 0.269 e. The standard InChI is InChI=1S/C28H23N3O4S/c1-19-7-5-10-21(17-19)27(32)30-23-11-6-12-25(18-23)36-26(20-8-3-2-4-9-20)28(33)29-22-13-15-24(16-14-22)31(34)35/h2-18,26H,1H3,(H,29,33)(H,30,32). The van der Waals surface area contributed by atoms with E-state index in [0.29, 0.717) is 16.9 Å². The van der Waals surface area contributed by atoms with Crippen molar-refractivity contribution < 1.29 is 14.5 Å². The van der Waals surface area contributed by atoms with Gasteiger partial charge in [-0.05, 0) is 55.0 Å². The van der Waals surface area contributed by atoms with Crippen LogP contribution in [0.3, 0.4) is 0 Å². The molecule has 0 bridgehead atoms. The molecule has 0 aliphatic heterocycles. The number of rotatable bonds is 8. The highest BCUT2D eigenvalue weighted by Gasteiger charge is 2.23. The van der Waals surface area contributed by atoms with Gasteiger partial charge < -0.3 is 10.6 Å². The first-order valence-corrected chi connectivity index (χ1v) is 12.0. The van der Waals surface area contributed by atoms with E-state index in [4.69, 9.17) is 0 Å². The molecule has 0 fully saturated rings. The average molecular weight is 498 g/mol. The SMILES string of the molecule is Cc1cccc(C(=O)Nc2cccc(SC(C(=O)Nc3ccc([N+](=O)[O-])cc3)c3ccccc3)c2)c1. The predicted octanol–water partition coefficient (Wildman–Crippen LogP) is 6.63. The van der Waals surface area contributed by atoms with Crippen LogP contribution in [0.2, 0.25) is 0 Å². The van der Waals surface area contributed by atoms with Crippen LogP contribution in [0.5, 0.6) is 0 Å². The van der Waals surface area contributed by atoms with Crippen LogP contribution in [-0.2, 0) is 4.79 Å². The maximum absolute atomic E-state index is 13.3. The van der Waals surface area contributed by atoms with E-state index in [1.165, 1.54) is 36.0 Å². The molecule has 4 aromatic rings. The van der Waals surface area contributed by atoms with Gasteiger partial charge in [-0.15, -0.1) is 11.8 Å². The summed E-state index contributed by atoms with van der Waals surface area (Å²) in [5, 5.41) is 16.1. The first-order chi connectivity index (χ1) is 17.4. The van der Waals surface area contributed by atoms with Crippen LogP contribution in [0.4, 0.5) is 17.1 Å². The summed E-state index contributed by atoms with van der Waals surface area (Å²) in [4.78, 5) is 37.2. The fraction of sp³-hybridized carbons (Fsp3) is 0.0714. The number of carbonyl (C=O) groups excluding carboxylic acids is 2. The van der Waals surface area contributed by atoms with E-state index in [1.54, 1.807) is 12.1 Å². The third-order valence-electron chi connectivity index (χ3n) is 5.31. The van der Waals surface area contributed by atoms with Crippen LogP contribution in [0.25, 0.3) is 0 Å². The van der Waals surface area contributed by atoms with Crippen LogP contribution in [0.1, 0.15) is 26.7 Å². The van der Waals surface area contributed by atoms with E-state index in [1.807, 2.05) is 73.7 Å². The number of anilines is 2. The molecule has 0 radical (unpaired) electrons. The van der Waals surface area contributed by atoms with Crippen molar-refractivity contribution in [1.82, 2.24) is 0 Å². The molecule has 1 atom stereocenters. The van der Waals surface area contributed by atoms with Crippen molar-refractivity contribution in [3.8, 4) is 0 Å². The third kappa shape index (κ3) is 6.37. The second kappa shape index (κ2) is 11.3. The number of hydrogen-bond donors (Lipinski definition) is 2. The summed E-state index contributed by atoms with van der Waals surface area (Å²) < 4.78 is 0. The summed E-state index contributed by atoms with van der Waals surface area (Å²) in [5.74, 6) is -0.481. The Morgan fingerprint density at radius 2 is 1.53 bits per heavy atom. The summed E-state index contributed by atoms with van der Waals surface area (Å²) in [6.45, 7) is 1.93. The van der Waals surface area contributed by atoms with Gasteiger partial charge >= 0.3 is 0 Å². The van der Waals surface area contributed by atoms with Gasteiger partial charge in [0.25, 0.3) is 11.6 Å². The van der Waals surface area contributed by atoms with E-state index in [2.05, 4.69) is 10.6 Å². The number of benzene rings is 4. The Balaban J connectivity index is 1.53.